The van der Waals surface area contributed by atoms with Gasteiger partial charge >= 0.3 is 0 Å². The van der Waals surface area contributed by atoms with Crippen molar-refractivity contribution in [2.75, 3.05) is 6.54 Å². The predicted molar refractivity (Wildman–Crippen MR) is 83.5 cm³/mol. The van der Waals surface area contributed by atoms with Gasteiger partial charge in [-0.3, -0.25) is 4.79 Å². The number of carbonyl (C=O) groups excluding carboxylic acids is 1. The van der Waals surface area contributed by atoms with E-state index in [0.717, 1.165) is 19.4 Å². The largest absolute Gasteiger partial charge is 0.352 e. The maximum absolute atomic E-state index is 12.0. The van der Waals surface area contributed by atoms with Crippen molar-refractivity contribution >= 4 is 45.0 Å². The zero-order valence-corrected chi connectivity index (χ0v) is 13.6. The van der Waals surface area contributed by atoms with Crippen LogP contribution in [0.4, 0.5) is 0 Å². The Morgan fingerprint density at radius 2 is 1.89 bits per heavy atom. The molecule has 1 aliphatic rings. The molecule has 1 fully saturated rings. The third kappa shape index (κ3) is 4.37. The summed E-state index contributed by atoms with van der Waals surface area (Å²) in [5, 5.41) is 3.85. The fourth-order valence-corrected chi connectivity index (χ4v) is 3.13. The van der Waals surface area contributed by atoms with Gasteiger partial charge in [0.05, 0.1) is 10.0 Å². The smallest absolute Gasteiger partial charge is 0.251 e. The minimum Gasteiger partial charge on any atom is -0.352 e. The van der Waals surface area contributed by atoms with Gasteiger partial charge in [-0.15, -0.1) is 0 Å². The number of alkyl halides is 1. The summed E-state index contributed by atoms with van der Waals surface area (Å²) in [5.41, 5.74) is 0.559. The minimum absolute atomic E-state index is 0.0838. The molecule has 1 aliphatic carbocycles. The summed E-state index contributed by atoms with van der Waals surface area (Å²) in [7, 11) is 0. The van der Waals surface area contributed by atoms with Crippen molar-refractivity contribution in [3.8, 4) is 0 Å². The van der Waals surface area contributed by atoms with Gasteiger partial charge in [-0.1, -0.05) is 39.1 Å². The van der Waals surface area contributed by atoms with Crippen LogP contribution in [0.1, 0.15) is 36.0 Å². The lowest BCUT2D eigenvalue weighted by Crippen LogP contribution is -2.31. The number of carbonyl (C=O) groups is 1. The van der Waals surface area contributed by atoms with Gasteiger partial charge in [0.1, 0.15) is 0 Å². The first-order chi connectivity index (χ1) is 9.06. The Hall–Kier alpha value is -0.250. The molecule has 0 bridgehead atoms. The first kappa shape index (κ1) is 15.1. The molecule has 0 radical (unpaired) electrons. The highest BCUT2D eigenvalue weighted by atomic mass is 79.9. The van der Waals surface area contributed by atoms with Crippen molar-refractivity contribution in [3.05, 3.63) is 33.8 Å². The molecule has 104 valence electrons. The Morgan fingerprint density at radius 1 is 1.21 bits per heavy atom. The van der Waals surface area contributed by atoms with Crippen LogP contribution in [0, 0.1) is 5.92 Å². The molecule has 2 rings (SSSR count). The van der Waals surface area contributed by atoms with E-state index in [9.17, 15) is 4.79 Å². The lowest BCUT2D eigenvalue weighted by atomic mass is 9.89. The van der Waals surface area contributed by atoms with E-state index in [1.807, 2.05) is 0 Å². The predicted octanol–water partition coefficient (Wildman–Crippen LogP) is 4.68. The number of hydrogen-bond acceptors (Lipinski definition) is 1. The van der Waals surface area contributed by atoms with Crippen molar-refractivity contribution in [2.24, 2.45) is 5.92 Å². The molecule has 2 nitrogen and oxygen atoms in total. The van der Waals surface area contributed by atoms with Crippen molar-refractivity contribution in [1.82, 2.24) is 5.32 Å². The van der Waals surface area contributed by atoms with Crippen LogP contribution in [-0.2, 0) is 0 Å². The zero-order valence-electron chi connectivity index (χ0n) is 10.5. The second-order valence-electron chi connectivity index (χ2n) is 4.96. The minimum atomic E-state index is -0.0838. The fourth-order valence-electron chi connectivity index (χ4n) is 2.30. The quantitative estimate of drug-likeness (QED) is 0.775. The number of halogens is 3. The second kappa shape index (κ2) is 6.96. The van der Waals surface area contributed by atoms with E-state index in [-0.39, 0.29) is 5.91 Å². The Morgan fingerprint density at radius 3 is 2.53 bits per heavy atom. The van der Waals surface area contributed by atoms with Crippen molar-refractivity contribution < 1.29 is 4.79 Å². The van der Waals surface area contributed by atoms with E-state index in [2.05, 4.69) is 21.2 Å². The molecule has 0 spiro atoms. The number of benzene rings is 1. The lowest BCUT2D eigenvalue weighted by Gasteiger charge is -2.25. The molecule has 5 heteroatoms. The van der Waals surface area contributed by atoms with Crippen LogP contribution in [-0.4, -0.2) is 17.3 Å². The number of hydrogen-bond donors (Lipinski definition) is 1. The van der Waals surface area contributed by atoms with E-state index in [0.29, 0.717) is 26.4 Å². The van der Waals surface area contributed by atoms with E-state index in [1.54, 1.807) is 18.2 Å². The topological polar surface area (TPSA) is 29.1 Å². The van der Waals surface area contributed by atoms with Gasteiger partial charge in [-0.05, 0) is 49.8 Å². The van der Waals surface area contributed by atoms with Gasteiger partial charge < -0.3 is 5.32 Å². The Balaban J connectivity index is 1.85. The molecule has 1 aromatic rings. The molecule has 0 unspecified atom stereocenters. The molecule has 0 heterocycles. The standard InChI is InChI=1S/C14H16BrCl2NO/c15-11-4-1-9(2-5-11)8-18-14(19)10-3-6-12(16)13(17)7-10/h3,6-7,9,11H,1-2,4-5,8H2,(H,18,19). The first-order valence-corrected chi connectivity index (χ1v) is 8.10. The summed E-state index contributed by atoms with van der Waals surface area (Å²) in [6, 6.07) is 4.95. The monoisotopic (exact) mass is 363 g/mol. The Labute approximate surface area is 132 Å². The SMILES string of the molecule is O=C(NCC1CCC(Br)CC1)c1ccc(Cl)c(Cl)c1. The molecule has 0 aromatic heterocycles. The molecular weight excluding hydrogens is 349 g/mol. The molecule has 1 amide bonds. The third-order valence-corrected chi connectivity index (χ3v) is 5.16. The summed E-state index contributed by atoms with van der Waals surface area (Å²) in [6.07, 6.45) is 4.70. The van der Waals surface area contributed by atoms with Crippen molar-refractivity contribution in [3.63, 3.8) is 0 Å². The normalized spacial score (nSPS) is 23.1. The van der Waals surface area contributed by atoms with E-state index < -0.39 is 0 Å². The van der Waals surface area contributed by atoms with Gasteiger partial charge in [0, 0.05) is 16.9 Å². The van der Waals surface area contributed by atoms with Gasteiger partial charge in [-0.2, -0.15) is 0 Å². The third-order valence-electron chi connectivity index (χ3n) is 3.51. The van der Waals surface area contributed by atoms with Crippen LogP contribution < -0.4 is 5.32 Å². The molecule has 0 saturated heterocycles. The molecule has 1 N–H and O–H groups in total. The van der Waals surface area contributed by atoms with Crippen molar-refractivity contribution in [1.29, 1.82) is 0 Å². The van der Waals surface area contributed by atoms with Crippen LogP contribution in [0.25, 0.3) is 0 Å². The van der Waals surface area contributed by atoms with E-state index in [4.69, 9.17) is 23.2 Å². The molecule has 0 atom stereocenters. The average Bonchev–Trinajstić information content (AvgIpc) is 2.41. The van der Waals surface area contributed by atoms with E-state index in [1.165, 1.54) is 12.8 Å². The van der Waals surface area contributed by atoms with E-state index >= 15 is 0 Å². The highest BCUT2D eigenvalue weighted by molar-refractivity contribution is 9.09. The number of nitrogens with one attached hydrogen (secondary N) is 1. The molecule has 1 saturated carbocycles. The Kier molecular flexibility index (Phi) is 5.55. The summed E-state index contributed by atoms with van der Waals surface area (Å²) in [5.74, 6) is 0.500. The summed E-state index contributed by atoms with van der Waals surface area (Å²) in [4.78, 5) is 12.6. The first-order valence-electron chi connectivity index (χ1n) is 6.43. The summed E-state index contributed by atoms with van der Waals surface area (Å²) < 4.78 is 0. The van der Waals surface area contributed by atoms with Crippen LogP contribution in [0.2, 0.25) is 10.0 Å². The van der Waals surface area contributed by atoms with Crippen LogP contribution in [0.3, 0.4) is 0 Å². The van der Waals surface area contributed by atoms with Gasteiger partial charge in [0.15, 0.2) is 0 Å². The molecule has 1 aromatic carbocycles. The Bertz CT molecular complexity index is 459. The van der Waals surface area contributed by atoms with Gasteiger partial charge in [0.2, 0.25) is 0 Å². The number of rotatable bonds is 3. The highest BCUT2D eigenvalue weighted by Gasteiger charge is 2.19. The zero-order chi connectivity index (χ0) is 13.8. The van der Waals surface area contributed by atoms with Gasteiger partial charge in [-0.25, -0.2) is 0 Å². The summed E-state index contributed by atoms with van der Waals surface area (Å²) >= 11 is 15.4. The maximum atomic E-state index is 12.0. The second-order valence-corrected chi connectivity index (χ2v) is 7.07. The van der Waals surface area contributed by atoms with Crippen molar-refractivity contribution in [2.45, 2.75) is 30.5 Å². The lowest BCUT2D eigenvalue weighted by molar-refractivity contribution is 0.0944. The maximum Gasteiger partial charge on any atom is 0.251 e. The average molecular weight is 365 g/mol. The highest BCUT2D eigenvalue weighted by Crippen LogP contribution is 2.28. The van der Waals surface area contributed by atoms with Crippen LogP contribution in [0.5, 0.6) is 0 Å². The van der Waals surface area contributed by atoms with Gasteiger partial charge in [0.25, 0.3) is 5.91 Å². The molecule has 19 heavy (non-hydrogen) atoms. The van der Waals surface area contributed by atoms with Crippen LogP contribution in [0.15, 0.2) is 18.2 Å². The van der Waals surface area contributed by atoms with Crippen LogP contribution >= 0.6 is 39.1 Å². The molecular formula is C14H16BrCl2NO. The summed E-state index contributed by atoms with van der Waals surface area (Å²) in [6.45, 7) is 0.735. The number of amides is 1. The fraction of sp³-hybridized carbons (Fsp3) is 0.500. The molecule has 0 aliphatic heterocycles.